The highest BCUT2D eigenvalue weighted by Crippen LogP contribution is 2.36. The number of rotatable bonds is 3. The van der Waals surface area contributed by atoms with E-state index in [9.17, 15) is 27.6 Å². The van der Waals surface area contributed by atoms with Gasteiger partial charge in [0.15, 0.2) is 0 Å². The van der Waals surface area contributed by atoms with Gasteiger partial charge in [-0.25, -0.2) is 4.79 Å². The van der Waals surface area contributed by atoms with Crippen molar-refractivity contribution in [3.63, 3.8) is 0 Å². The van der Waals surface area contributed by atoms with E-state index >= 15 is 0 Å². The zero-order chi connectivity index (χ0) is 21.5. The fourth-order valence-corrected chi connectivity index (χ4v) is 4.75. The number of nitrogens with one attached hydrogen (secondary N) is 1. The summed E-state index contributed by atoms with van der Waals surface area (Å²) in [5, 5.41) is 2.81. The molecule has 6 nitrogen and oxygen atoms in total. The number of alkyl halides is 3. The van der Waals surface area contributed by atoms with Gasteiger partial charge in [-0.1, -0.05) is 19.3 Å². The number of amides is 4. The van der Waals surface area contributed by atoms with Crippen LogP contribution < -0.4 is 10.2 Å². The Balaban J connectivity index is 1.44. The molecular weight excluding hydrogens is 399 g/mol. The highest BCUT2D eigenvalue weighted by atomic mass is 19.4. The van der Waals surface area contributed by atoms with Gasteiger partial charge in [-0.15, -0.1) is 0 Å². The summed E-state index contributed by atoms with van der Waals surface area (Å²) in [4.78, 5) is 40.6. The Kier molecular flexibility index (Phi) is 5.23. The molecule has 1 aromatic carbocycles. The monoisotopic (exact) mass is 423 g/mol. The molecule has 1 aromatic rings. The second kappa shape index (κ2) is 7.59. The van der Waals surface area contributed by atoms with Gasteiger partial charge in [0, 0.05) is 25.2 Å². The number of hydrogen-bond donors (Lipinski definition) is 1. The third-order valence-corrected chi connectivity index (χ3v) is 6.33. The predicted octanol–water partition coefficient (Wildman–Crippen LogP) is 3.63. The Labute approximate surface area is 172 Å². The fourth-order valence-electron chi connectivity index (χ4n) is 4.75. The first-order chi connectivity index (χ1) is 14.2. The number of aryl methyl sites for hydroxylation is 1. The standard InChI is InChI=1S/C21H24F3N3O3/c22-21(23,24)15-6-7-16-14(13-15)5-4-11-26(16)17(28)8-12-27-18(29)20(25-19(27)30)9-2-1-3-10-20/h6-7,13H,1-5,8-12H2,(H,25,30). The lowest BCUT2D eigenvalue weighted by molar-refractivity contribution is -0.137. The van der Waals surface area contributed by atoms with Crippen LogP contribution in [0.5, 0.6) is 0 Å². The molecule has 3 aliphatic rings. The molecule has 0 aromatic heterocycles. The Bertz CT molecular complexity index is 878. The summed E-state index contributed by atoms with van der Waals surface area (Å²) >= 11 is 0. The summed E-state index contributed by atoms with van der Waals surface area (Å²) in [5.41, 5.74) is -0.599. The van der Waals surface area contributed by atoms with Crippen LogP contribution in [0.2, 0.25) is 0 Å². The van der Waals surface area contributed by atoms with Gasteiger partial charge in [0.05, 0.1) is 5.56 Å². The summed E-state index contributed by atoms with van der Waals surface area (Å²) in [7, 11) is 0. The van der Waals surface area contributed by atoms with Crippen molar-refractivity contribution in [2.75, 3.05) is 18.0 Å². The molecule has 9 heteroatoms. The van der Waals surface area contributed by atoms with Crippen LogP contribution in [0.1, 0.15) is 56.1 Å². The highest BCUT2D eigenvalue weighted by molar-refractivity contribution is 6.07. The van der Waals surface area contributed by atoms with Crippen molar-refractivity contribution in [1.29, 1.82) is 0 Å². The minimum atomic E-state index is -4.43. The van der Waals surface area contributed by atoms with E-state index < -0.39 is 23.3 Å². The van der Waals surface area contributed by atoms with E-state index in [0.717, 1.165) is 36.3 Å². The number of anilines is 1. The topological polar surface area (TPSA) is 69.7 Å². The Morgan fingerprint density at radius 1 is 1.10 bits per heavy atom. The molecule has 0 unspecified atom stereocenters. The molecule has 1 spiro atoms. The van der Waals surface area contributed by atoms with Gasteiger partial charge in [-0.2, -0.15) is 13.2 Å². The lowest BCUT2D eigenvalue weighted by Gasteiger charge is -2.31. The maximum absolute atomic E-state index is 13.0. The lowest BCUT2D eigenvalue weighted by Crippen LogP contribution is -2.48. The normalized spacial score (nSPS) is 21.0. The van der Waals surface area contributed by atoms with E-state index in [4.69, 9.17) is 0 Å². The summed E-state index contributed by atoms with van der Waals surface area (Å²) < 4.78 is 38.9. The van der Waals surface area contributed by atoms with Crippen molar-refractivity contribution in [2.24, 2.45) is 0 Å². The van der Waals surface area contributed by atoms with Crippen LogP contribution in [0.3, 0.4) is 0 Å². The number of carbonyl (C=O) groups is 3. The average Bonchev–Trinajstić information content (AvgIpc) is 2.94. The number of urea groups is 1. The molecule has 0 atom stereocenters. The van der Waals surface area contributed by atoms with E-state index in [0.29, 0.717) is 43.5 Å². The van der Waals surface area contributed by atoms with E-state index in [2.05, 4.69) is 5.32 Å². The van der Waals surface area contributed by atoms with Crippen LogP contribution in [0.25, 0.3) is 0 Å². The molecule has 4 amide bonds. The van der Waals surface area contributed by atoms with E-state index in [1.807, 2.05) is 0 Å². The Hall–Kier alpha value is -2.58. The summed E-state index contributed by atoms with van der Waals surface area (Å²) in [6.07, 6.45) is 0.562. The van der Waals surface area contributed by atoms with Crippen molar-refractivity contribution in [3.8, 4) is 0 Å². The number of hydrogen-bond acceptors (Lipinski definition) is 3. The van der Waals surface area contributed by atoms with E-state index in [1.54, 1.807) is 0 Å². The second-order valence-electron chi connectivity index (χ2n) is 8.27. The van der Waals surface area contributed by atoms with E-state index in [-0.39, 0.29) is 24.8 Å². The third kappa shape index (κ3) is 3.65. The molecule has 162 valence electrons. The van der Waals surface area contributed by atoms with Gasteiger partial charge >= 0.3 is 12.2 Å². The minimum absolute atomic E-state index is 0.0300. The van der Waals surface area contributed by atoms with Gasteiger partial charge in [0.1, 0.15) is 5.54 Å². The summed E-state index contributed by atoms with van der Waals surface area (Å²) in [6, 6.07) is 2.94. The zero-order valence-electron chi connectivity index (χ0n) is 16.6. The molecule has 0 bridgehead atoms. The molecule has 2 fully saturated rings. The van der Waals surface area contributed by atoms with Gasteiger partial charge in [-0.3, -0.25) is 14.5 Å². The molecule has 4 rings (SSSR count). The molecule has 30 heavy (non-hydrogen) atoms. The highest BCUT2D eigenvalue weighted by Gasteiger charge is 2.51. The average molecular weight is 423 g/mol. The van der Waals surface area contributed by atoms with Crippen LogP contribution in [0.4, 0.5) is 23.7 Å². The molecular formula is C21H24F3N3O3. The minimum Gasteiger partial charge on any atom is -0.323 e. The van der Waals surface area contributed by atoms with Gasteiger partial charge in [-0.05, 0) is 49.4 Å². The molecule has 1 saturated heterocycles. The maximum atomic E-state index is 13.0. The second-order valence-corrected chi connectivity index (χ2v) is 8.27. The fraction of sp³-hybridized carbons (Fsp3) is 0.571. The molecule has 1 saturated carbocycles. The van der Waals surface area contributed by atoms with Crippen molar-refractivity contribution < 1.29 is 27.6 Å². The summed E-state index contributed by atoms with van der Waals surface area (Å²) in [5.74, 6) is -0.574. The quantitative estimate of drug-likeness (QED) is 0.755. The van der Waals surface area contributed by atoms with Gasteiger partial charge in [0.25, 0.3) is 5.91 Å². The number of benzene rings is 1. The van der Waals surface area contributed by atoms with E-state index in [1.165, 1.54) is 11.0 Å². The first-order valence-corrected chi connectivity index (χ1v) is 10.4. The van der Waals surface area contributed by atoms with Crippen LogP contribution in [0.15, 0.2) is 18.2 Å². The number of nitrogens with zero attached hydrogens (tertiary/aromatic N) is 2. The van der Waals surface area contributed by atoms with Gasteiger partial charge in [0.2, 0.25) is 5.91 Å². The predicted molar refractivity (Wildman–Crippen MR) is 103 cm³/mol. The first-order valence-electron chi connectivity index (χ1n) is 10.4. The van der Waals surface area contributed by atoms with Crippen LogP contribution in [-0.2, 0) is 22.2 Å². The largest absolute Gasteiger partial charge is 0.416 e. The number of imide groups is 1. The van der Waals surface area contributed by atoms with Crippen molar-refractivity contribution >= 4 is 23.5 Å². The first kappa shape index (κ1) is 20.7. The number of fused-ring (bicyclic) bond motifs is 1. The van der Waals surface area contributed by atoms with Crippen molar-refractivity contribution in [1.82, 2.24) is 10.2 Å². The SMILES string of the molecule is O=C1NC2(CCCCC2)C(=O)N1CCC(=O)N1CCCc2cc(C(F)(F)F)ccc21. The molecule has 0 radical (unpaired) electrons. The van der Waals surface area contributed by atoms with Gasteiger partial charge < -0.3 is 10.2 Å². The van der Waals surface area contributed by atoms with Crippen molar-refractivity contribution in [3.05, 3.63) is 29.3 Å². The molecule has 1 aliphatic carbocycles. The van der Waals surface area contributed by atoms with Crippen molar-refractivity contribution in [2.45, 2.75) is 63.1 Å². The van der Waals surface area contributed by atoms with Crippen LogP contribution >= 0.6 is 0 Å². The lowest BCUT2D eigenvalue weighted by atomic mass is 9.82. The Morgan fingerprint density at radius 3 is 2.53 bits per heavy atom. The maximum Gasteiger partial charge on any atom is 0.416 e. The Morgan fingerprint density at radius 2 is 1.83 bits per heavy atom. The summed E-state index contributed by atoms with van der Waals surface area (Å²) in [6.45, 7) is 0.374. The molecule has 2 aliphatic heterocycles. The van der Waals surface area contributed by atoms with Crippen LogP contribution in [0, 0.1) is 0 Å². The third-order valence-electron chi connectivity index (χ3n) is 6.33. The molecule has 2 heterocycles. The zero-order valence-corrected chi connectivity index (χ0v) is 16.6. The van der Waals surface area contributed by atoms with Crippen LogP contribution in [-0.4, -0.2) is 41.4 Å². The number of carbonyl (C=O) groups excluding carboxylic acids is 3. The smallest absolute Gasteiger partial charge is 0.323 e. The molecule has 1 N–H and O–H groups in total. The number of halogens is 3.